The van der Waals surface area contributed by atoms with Gasteiger partial charge in [-0.3, -0.25) is 4.79 Å². The van der Waals surface area contributed by atoms with E-state index in [-0.39, 0.29) is 12.5 Å². The number of halogens is 1. The van der Waals surface area contributed by atoms with Crippen LogP contribution in [0.15, 0.2) is 54.7 Å². The second kappa shape index (κ2) is 6.02. The quantitative estimate of drug-likeness (QED) is 0.598. The second-order valence-corrected chi connectivity index (χ2v) is 6.06. The van der Waals surface area contributed by atoms with Crippen molar-refractivity contribution in [3.63, 3.8) is 0 Å². The van der Waals surface area contributed by atoms with Crippen molar-refractivity contribution in [1.82, 2.24) is 19.9 Å². The van der Waals surface area contributed by atoms with E-state index < -0.39 is 0 Å². The van der Waals surface area contributed by atoms with Crippen LogP contribution in [0, 0.1) is 0 Å². The van der Waals surface area contributed by atoms with E-state index in [2.05, 4.69) is 15.3 Å². The van der Waals surface area contributed by atoms with Crippen LogP contribution in [0.4, 0.5) is 0 Å². The van der Waals surface area contributed by atoms with Crippen molar-refractivity contribution in [3.05, 3.63) is 65.6 Å². The number of H-pyrrole nitrogens is 1. The Labute approximate surface area is 143 Å². The van der Waals surface area contributed by atoms with Gasteiger partial charge in [-0.25, -0.2) is 4.98 Å². The first-order valence-electron chi connectivity index (χ1n) is 7.64. The van der Waals surface area contributed by atoms with Crippen LogP contribution < -0.4 is 5.32 Å². The van der Waals surface area contributed by atoms with E-state index in [0.29, 0.717) is 11.6 Å². The molecule has 120 valence electrons. The summed E-state index contributed by atoms with van der Waals surface area (Å²) in [6.45, 7) is 0.609. The smallest absolute Gasteiger partial charge is 0.240 e. The molecule has 0 bridgehead atoms. The van der Waals surface area contributed by atoms with Crippen molar-refractivity contribution in [3.8, 4) is 0 Å². The van der Waals surface area contributed by atoms with Crippen LogP contribution in [-0.2, 0) is 17.9 Å². The summed E-state index contributed by atoms with van der Waals surface area (Å²) < 4.78 is 1.88. The molecule has 0 unspecified atom stereocenters. The molecular weight excluding hydrogens is 324 g/mol. The average Bonchev–Trinajstić information content (AvgIpc) is 3.17. The summed E-state index contributed by atoms with van der Waals surface area (Å²) >= 11 is 6.04. The lowest BCUT2D eigenvalue weighted by Gasteiger charge is -2.06. The number of para-hydroxylation sites is 2. The number of hydrogen-bond donors (Lipinski definition) is 2. The Morgan fingerprint density at radius 2 is 2.08 bits per heavy atom. The summed E-state index contributed by atoms with van der Waals surface area (Å²) in [6, 6.07) is 15.4. The number of nitrogens with zero attached hydrogens (tertiary/aromatic N) is 2. The van der Waals surface area contributed by atoms with Crippen LogP contribution >= 0.6 is 11.6 Å². The Hall–Kier alpha value is -2.79. The highest BCUT2D eigenvalue weighted by Gasteiger charge is 2.08. The molecule has 4 rings (SSSR count). The summed E-state index contributed by atoms with van der Waals surface area (Å²) in [5, 5.41) is 4.61. The van der Waals surface area contributed by atoms with Gasteiger partial charge < -0.3 is 14.9 Å². The molecule has 0 radical (unpaired) electrons. The molecule has 1 amide bonds. The third kappa shape index (κ3) is 2.86. The van der Waals surface area contributed by atoms with Gasteiger partial charge in [0.15, 0.2) is 0 Å². The number of aromatic nitrogens is 3. The number of fused-ring (bicyclic) bond motifs is 2. The Morgan fingerprint density at radius 3 is 2.96 bits per heavy atom. The number of imidazole rings is 1. The third-order valence-electron chi connectivity index (χ3n) is 3.94. The van der Waals surface area contributed by atoms with Gasteiger partial charge in [0.2, 0.25) is 5.91 Å². The fraction of sp³-hybridized carbons (Fsp3) is 0.111. The van der Waals surface area contributed by atoms with E-state index in [1.807, 2.05) is 59.3 Å². The van der Waals surface area contributed by atoms with Gasteiger partial charge in [-0.15, -0.1) is 0 Å². The Balaban J connectivity index is 1.45. The predicted molar refractivity (Wildman–Crippen MR) is 94.9 cm³/mol. The summed E-state index contributed by atoms with van der Waals surface area (Å²) in [5.41, 5.74) is 2.81. The lowest BCUT2D eigenvalue weighted by molar-refractivity contribution is -0.121. The molecule has 2 aromatic carbocycles. The Bertz CT molecular complexity index is 1000. The number of rotatable bonds is 4. The van der Waals surface area contributed by atoms with Crippen LogP contribution in [0.25, 0.3) is 21.9 Å². The number of benzene rings is 2. The lowest BCUT2D eigenvalue weighted by Crippen LogP contribution is -2.27. The van der Waals surface area contributed by atoms with Gasteiger partial charge in [0.1, 0.15) is 12.4 Å². The van der Waals surface area contributed by atoms with Gasteiger partial charge in [-0.2, -0.15) is 0 Å². The molecule has 0 atom stereocenters. The van der Waals surface area contributed by atoms with E-state index in [4.69, 9.17) is 11.6 Å². The van der Waals surface area contributed by atoms with Crippen LogP contribution in [0.1, 0.15) is 5.82 Å². The molecule has 0 saturated heterocycles. The normalized spacial score (nSPS) is 11.2. The Kier molecular flexibility index (Phi) is 3.70. The molecule has 0 saturated carbocycles. The van der Waals surface area contributed by atoms with Crippen molar-refractivity contribution in [2.45, 2.75) is 13.1 Å². The molecular formula is C18H15ClN4O. The number of aromatic amines is 1. The maximum absolute atomic E-state index is 12.2. The second-order valence-electron chi connectivity index (χ2n) is 5.62. The molecule has 0 aliphatic carbocycles. The summed E-state index contributed by atoms with van der Waals surface area (Å²) in [4.78, 5) is 19.9. The molecule has 4 aromatic rings. The van der Waals surface area contributed by atoms with E-state index in [9.17, 15) is 4.79 Å². The molecule has 6 heteroatoms. The molecule has 2 N–H and O–H groups in total. The fourth-order valence-electron chi connectivity index (χ4n) is 2.78. The molecule has 2 heterocycles. The highest BCUT2D eigenvalue weighted by molar-refractivity contribution is 6.31. The van der Waals surface area contributed by atoms with Crippen LogP contribution in [-0.4, -0.2) is 20.4 Å². The summed E-state index contributed by atoms with van der Waals surface area (Å²) in [5.74, 6) is 0.665. The third-order valence-corrected chi connectivity index (χ3v) is 4.18. The van der Waals surface area contributed by atoms with Crippen LogP contribution in [0.2, 0.25) is 5.02 Å². The van der Waals surface area contributed by atoms with E-state index in [1.165, 1.54) is 0 Å². The van der Waals surface area contributed by atoms with Crippen molar-refractivity contribution >= 4 is 39.4 Å². The fourth-order valence-corrected chi connectivity index (χ4v) is 2.94. The first kappa shape index (κ1) is 14.8. The van der Waals surface area contributed by atoms with Crippen LogP contribution in [0.3, 0.4) is 0 Å². The molecule has 5 nitrogen and oxygen atoms in total. The van der Waals surface area contributed by atoms with Crippen molar-refractivity contribution in [2.75, 3.05) is 0 Å². The zero-order valence-electron chi connectivity index (χ0n) is 12.8. The Morgan fingerprint density at radius 1 is 1.21 bits per heavy atom. The molecule has 24 heavy (non-hydrogen) atoms. The zero-order valence-corrected chi connectivity index (χ0v) is 13.5. The minimum Gasteiger partial charge on any atom is -0.347 e. The maximum Gasteiger partial charge on any atom is 0.240 e. The summed E-state index contributed by atoms with van der Waals surface area (Å²) in [6.07, 6.45) is 1.89. The summed E-state index contributed by atoms with van der Waals surface area (Å²) in [7, 11) is 0. The van der Waals surface area contributed by atoms with E-state index >= 15 is 0 Å². The maximum atomic E-state index is 12.2. The highest BCUT2D eigenvalue weighted by Crippen LogP contribution is 2.20. The lowest BCUT2D eigenvalue weighted by atomic mass is 10.2. The van der Waals surface area contributed by atoms with Gasteiger partial charge >= 0.3 is 0 Å². The predicted octanol–water partition coefficient (Wildman–Crippen LogP) is 3.49. The van der Waals surface area contributed by atoms with Crippen molar-refractivity contribution in [1.29, 1.82) is 0 Å². The van der Waals surface area contributed by atoms with Crippen LogP contribution in [0.5, 0.6) is 0 Å². The monoisotopic (exact) mass is 338 g/mol. The van der Waals surface area contributed by atoms with Gasteiger partial charge in [-0.05, 0) is 35.7 Å². The molecule has 2 aromatic heterocycles. The highest BCUT2D eigenvalue weighted by atomic mass is 35.5. The minimum absolute atomic E-state index is 0.0760. The number of amides is 1. The largest absolute Gasteiger partial charge is 0.347 e. The van der Waals surface area contributed by atoms with E-state index in [1.54, 1.807) is 0 Å². The first-order valence-corrected chi connectivity index (χ1v) is 8.01. The van der Waals surface area contributed by atoms with Gasteiger partial charge in [-0.1, -0.05) is 29.8 Å². The van der Waals surface area contributed by atoms with Gasteiger partial charge in [0.05, 0.1) is 17.6 Å². The molecule has 0 fully saturated rings. The van der Waals surface area contributed by atoms with E-state index in [0.717, 1.165) is 27.8 Å². The number of carbonyl (C=O) groups excluding carboxylic acids is 1. The van der Waals surface area contributed by atoms with Gasteiger partial charge in [0, 0.05) is 16.7 Å². The molecule has 0 aliphatic heterocycles. The van der Waals surface area contributed by atoms with Crippen molar-refractivity contribution in [2.24, 2.45) is 0 Å². The van der Waals surface area contributed by atoms with Crippen molar-refractivity contribution < 1.29 is 4.79 Å². The first-order chi connectivity index (χ1) is 11.7. The van der Waals surface area contributed by atoms with Gasteiger partial charge in [0.25, 0.3) is 0 Å². The minimum atomic E-state index is -0.0760. The number of hydrogen-bond acceptors (Lipinski definition) is 2. The SMILES string of the molecule is O=C(Cn1ccc2ccc(Cl)cc21)NCc1nc2ccccc2[nH]1. The zero-order chi connectivity index (χ0) is 16.5. The standard InChI is InChI=1S/C18H15ClN4O/c19-13-6-5-12-7-8-23(16(12)9-13)11-18(24)20-10-17-21-14-3-1-2-4-15(14)22-17/h1-9H,10-11H2,(H,20,24)(H,21,22). The molecule has 0 aliphatic rings. The number of nitrogens with one attached hydrogen (secondary N) is 2. The molecule has 0 spiro atoms. The topological polar surface area (TPSA) is 62.7 Å². The average molecular weight is 339 g/mol. The number of carbonyl (C=O) groups is 1.